The van der Waals surface area contributed by atoms with Crippen molar-refractivity contribution < 1.29 is 17.2 Å². The summed E-state index contributed by atoms with van der Waals surface area (Å²) in [6.45, 7) is 1.37. The molecule has 0 aliphatic rings. The fourth-order valence-electron chi connectivity index (χ4n) is 0.974. The Morgan fingerprint density at radius 2 is 1.93 bits per heavy atom. The number of nitrogen functional groups attached to an aromatic ring is 1. The molecule has 78 valence electrons. The van der Waals surface area contributed by atoms with Gasteiger partial charge >= 0.3 is 0 Å². The van der Waals surface area contributed by atoms with Crippen LogP contribution in [0.2, 0.25) is 0 Å². The van der Waals surface area contributed by atoms with Gasteiger partial charge in [0.15, 0.2) is 9.84 Å². The van der Waals surface area contributed by atoms with Gasteiger partial charge in [-0.15, -0.1) is 0 Å². The number of anilines is 1. The first-order chi connectivity index (χ1) is 6.38. The Kier molecular flexibility index (Phi) is 2.75. The van der Waals surface area contributed by atoms with E-state index in [4.69, 9.17) is 5.73 Å². The molecule has 0 heterocycles. The van der Waals surface area contributed by atoms with Crippen molar-refractivity contribution in [2.45, 2.75) is 11.8 Å². The van der Waals surface area contributed by atoms with Crippen molar-refractivity contribution in [3.8, 4) is 0 Å². The summed E-state index contributed by atoms with van der Waals surface area (Å²) in [5, 5.41) is 0. The first-order valence-corrected chi connectivity index (χ1v) is 5.51. The third-order valence-electron chi connectivity index (χ3n) is 1.77. The van der Waals surface area contributed by atoms with Gasteiger partial charge < -0.3 is 5.73 Å². The lowest BCUT2D eigenvalue weighted by Gasteiger charge is -2.06. The Morgan fingerprint density at radius 3 is 2.43 bits per heavy atom. The summed E-state index contributed by atoms with van der Waals surface area (Å²) in [6, 6.07) is 1.27. The predicted octanol–water partition coefficient (Wildman–Crippen LogP) is 1.34. The Morgan fingerprint density at radius 1 is 1.36 bits per heavy atom. The van der Waals surface area contributed by atoms with Crippen LogP contribution in [0, 0.1) is 11.6 Å². The van der Waals surface area contributed by atoms with Gasteiger partial charge in [0.25, 0.3) is 0 Å². The summed E-state index contributed by atoms with van der Waals surface area (Å²) in [5.41, 5.74) is 4.66. The third-order valence-corrected chi connectivity index (χ3v) is 3.54. The molecule has 0 aliphatic carbocycles. The molecule has 0 bridgehead atoms. The molecule has 0 aliphatic heterocycles. The van der Waals surface area contributed by atoms with Gasteiger partial charge in [-0.3, -0.25) is 0 Å². The van der Waals surface area contributed by atoms with Crippen molar-refractivity contribution in [1.82, 2.24) is 0 Å². The predicted molar refractivity (Wildman–Crippen MR) is 48.5 cm³/mol. The largest absolute Gasteiger partial charge is 0.395 e. The van der Waals surface area contributed by atoms with Crippen molar-refractivity contribution >= 4 is 15.5 Å². The number of hydrogen-bond donors (Lipinski definition) is 1. The van der Waals surface area contributed by atoms with Crippen LogP contribution in [0.5, 0.6) is 0 Å². The van der Waals surface area contributed by atoms with E-state index in [0.29, 0.717) is 6.07 Å². The van der Waals surface area contributed by atoms with Gasteiger partial charge in [-0.1, -0.05) is 6.92 Å². The van der Waals surface area contributed by atoms with Crippen LogP contribution in [0.4, 0.5) is 14.5 Å². The Bertz CT molecular complexity index is 457. The summed E-state index contributed by atoms with van der Waals surface area (Å²) < 4.78 is 48.2. The molecule has 1 aromatic rings. The molecule has 0 unspecified atom stereocenters. The first kappa shape index (κ1) is 10.9. The maximum Gasteiger partial charge on any atom is 0.180 e. The average molecular weight is 221 g/mol. The number of nitrogens with two attached hydrogens (primary N) is 1. The van der Waals surface area contributed by atoms with Crippen molar-refractivity contribution in [3.63, 3.8) is 0 Å². The number of hydrogen-bond acceptors (Lipinski definition) is 3. The lowest BCUT2D eigenvalue weighted by Crippen LogP contribution is -2.09. The second kappa shape index (κ2) is 3.53. The summed E-state index contributed by atoms with van der Waals surface area (Å²) in [4.78, 5) is -0.488. The molecule has 0 saturated carbocycles. The second-order valence-corrected chi connectivity index (χ2v) is 4.95. The minimum atomic E-state index is -3.68. The van der Waals surface area contributed by atoms with E-state index < -0.39 is 32.1 Å². The molecule has 0 atom stereocenters. The van der Waals surface area contributed by atoms with E-state index in [0.717, 1.165) is 6.07 Å². The van der Waals surface area contributed by atoms with E-state index >= 15 is 0 Å². The fourth-order valence-corrected chi connectivity index (χ4v) is 2.01. The van der Waals surface area contributed by atoms with Crippen molar-refractivity contribution in [2.24, 2.45) is 0 Å². The highest BCUT2D eigenvalue weighted by molar-refractivity contribution is 7.91. The molecule has 0 spiro atoms. The van der Waals surface area contributed by atoms with Gasteiger partial charge in [-0.05, 0) is 6.07 Å². The molecule has 2 N–H and O–H groups in total. The monoisotopic (exact) mass is 221 g/mol. The van der Waals surface area contributed by atoms with Crippen molar-refractivity contribution in [1.29, 1.82) is 0 Å². The highest BCUT2D eigenvalue weighted by Crippen LogP contribution is 2.23. The third kappa shape index (κ3) is 1.84. The SMILES string of the molecule is CCS(=O)(=O)c1cc(F)cc(F)c1N. The van der Waals surface area contributed by atoms with E-state index in [2.05, 4.69) is 0 Å². The summed E-state index contributed by atoms with van der Waals surface area (Å²) >= 11 is 0. The standard InChI is InChI=1S/C8H9F2NO2S/c1-2-14(12,13)7-4-5(9)3-6(10)8(7)11/h3-4H,2,11H2,1H3. The quantitative estimate of drug-likeness (QED) is 0.766. The normalized spacial score (nSPS) is 11.6. The summed E-state index contributed by atoms with van der Waals surface area (Å²) in [5.74, 6) is -2.26. The molecule has 1 aromatic carbocycles. The van der Waals surface area contributed by atoms with Crippen LogP contribution in [0.1, 0.15) is 6.92 Å². The van der Waals surface area contributed by atoms with Crippen LogP contribution >= 0.6 is 0 Å². The van der Waals surface area contributed by atoms with Crippen molar-refractivity contribution in [2.75, 3.05) is 11.5 Å². The molecule has 14 heavy (non-hydrogen) atoms. The van der Waals surface area contributed by atoms with E-state index in [1.54, 1.807) is 0 Å². The van der Waals surface area contributed by atoms with Gasteiger partial charge in [0, 0.05) is 6.07 Å². The number of rotatable bonds is 2. The number of halogens is 2. The molecular weight excluding hydrogens is 212 g/mol. The molecule has 6 heteroatoms. The zero-order valence-corrected chi connectivity index (χ0v) is 8.24. The zero-order chi connectivity index (χ0) is 10.9. The van der Waals surface area contributed by atoms with Crippen LogP contribution < -0.4 is 5.73 Å². The van der Waals surface area contributed by atoms with E-state index in [-0.39, 0.29) is 5.75 Å². The lowest BCUT2D eigenvalue weighted by atomic mass is 10.3. The lowest BCUT2D eigenvalue weighted by molar-refractivity contribution is 0.571. The van der Waals surface area contributed by atoms with Gasteiger partial charge in [-0.25, -0.2) is 17.2 Å². The summed E-state index contributed by atoms with van der Waals surface area (Å²) in [6.07, 6.45) is 0. The average Bonchev–Trinajstić information content (AvgIpc) is 2.11. The van der Waals surface area contributed by atoms with E-state index in [9.17, 15) is 17.2 Å². The molecule has 0 saturated heterocycles. The highest BCUT2D eigenvalue weighted by atomic mass is 32.2. The van der Waals surface area contributed by atoms with Crippen LogP contribution in [0.15, 0.2) is 17.0 Å². The van der Waals surface area contributed by atoms with Gasteiger partial charge in [0.1, 0.15) is 11.6 Å². The molecule has 0 amide bonds. The number of sulfone groups is 1. The summed E-state index contributed by atoms with van der Waals surface area (Å²) in [7, 11) is -3.68. The highest BCUT2D eigenvalue weighted by Gasteiger charge is 2.19. The van der Waals surface area contributed by atoms with E-state index in [1.807, 2.05) is 0 Å². The second-order valence-electron chi connectivity index (χ2n) is 2.70. The molecule has 1 rings (SSSR count). The maximum absolute atomic E-state index is 12.9. The van der Waals surface area contributed by atoms with Gasteiger partial charge in [-0.2, -0.15) is 0 Å². The maximum atomic E-state index is 12.9. The minimum Gasteiger partial charge on any atom is -0.395 e. The van der Waals surface area contributed by atoms with Crippen LogP contribution in [0.3, 0.4) is 0 Å². The van der Waals surface area contributed by atoms with E-state index in [1.165, 1.54) is 6.92 Å². The molecule has 0 radical (unpaired) electrons. The Labute approximate surface area is 80.5 Å². The zero-order valence-electron chi connectivity index (χ0n) is 7.42. The van der Waals surface area contributed by atoms with Gasteiger partial charge in [0.05, 0.1) is 16.3 Å². The Balaban J connectivity index is 3.50. The smallest absolute Gasteiger partial charge is 0.180 e. The molecular formula is C8H9F2NO2S. The fraction of sp³-hybridized carbons (Fsp3) is 0.250. The Hall–Kier alpha value is -1.17. The molecule has 0 aromatic heterocycles. The van der Waals surface area contributed by atoms with Crippen LogP contribution in [0.25, 0.3) is 0 Å². The van der Waals surface area contributed by atoms with Crippen molar-refractivity contribution in [3.05, 3.63) is 23.8 Å². The number of benzene rings is 1. The van der Waals surface area contributed by atoms with Crippen LogP contribution in [-0.4, -0.2) is 14.2 Å². The van der Waals surface area contributed by atoms with Crippen LogP contribution in [-0.2, 0) is 9.84 Å². The first-order valence-electron chi connectivity index (χ1n) is 3.85. The molecule has 3 nitrogen and oxygen atoms in total. The topological polar surface area (TPSA) is 60.2 Å². The van der Waals surface area contributed by atoms with Gasteiger partial charge in [0.2, 0.25) is 0 Å². The minimum absolute atomic E-state index is 0.250. The molecule has 0 fully saturated rings.